The zero-order chi connectivity index (χ0) is 26.9. The van der Waals surface area contributed by atoms with Crippen LogP contribution in [0.5, 0.6) is 0 Å². The van der Waals surface area contributed by atoms with E-state index in [1.165, 1.54) is 160 Å². The Bertz CT molecular complexity index is 655. The van der Waals surface area contributed by atoms with E-state index in [1.54, 1.807) is 0 Å². The third-order valence-corrected chi connectivity index (χ3v) is 8.51. The fourth-order valence-corrected chi connectivity index (χ4v) is 6.02. The maximum atomic E-state index is 2.66. The predicted molar refractivity (Wildman–Crippen MR) is 169 cm³/mol. The van der Waals surface area contributed by atoms with Crippen LogP contribution >= 0.6 is 0 Å². The molecule has 1 atom stereocenters. The highest BCUT2D eigenvalue weighted by atomic mass is 15.4. The van der Waals surface area contributed by atoms with Crippen LogP contribution in [-0.2, 0) is 6.54 Å². The van der Waals surface area contributed by atoms with Gasteiger partial charge in [0.05, 0.1) is 0 Å². The molecule has 0 aliphatic carbocycles. The van der Waals surface area contributed by atoms with Crippen LogP contribution in [0.4, 0.5) is 0 Å². The molecule has 0 amide bonds. The van der Waals surface area contributed by atoms with Crippen molar-refractivity contribution in [3.8, 4) is 0 Å². The van der Waals surface area contributed by atoms with Crippen molar-refractivity contribution in [2.45, 2.75) is 174 Å². The van der Waals surface area contributed by atoms with Gasteiger partial charge in [0.15, 0.2) is 0 Å². The molecule has 1 aromatic carbocycles. The Morgan fingerprint density at radius 2 is 0.895 bits per heavy atom. The number of unbranched alkanes of at least 4 members (excludes halogenated alkanes) is 20. The summed E-state index contributed by atoms with van der Waals surface area (Å²) in [6, 6.07) is 11.0. The quantitative estimate of drug-likeness (QED) is 0.111. The van der Waals surface area contributed by atoms with E-state index in [2.05, 4.69) is 66.4 Å². The van der Waals surface area contributed by atoms with E-state index < -0.39 is 0 Å². The van der Waals surface area contributed by atoms with Gasteiger partial charge in [-0.15, -0.1) is 0 Å². The van der Waals surface area contributed by atoms with Gasteiger partial charge < -0.3 is 9.80 Å². The SMILES string of the molecule is CCCCCCCCCCCCCCCCCN1C=CN(Cc2ccccc2)C1CCCCCCCCC. The molecule has 0 saturated carbocycles. The number of nitrogens with zero attached hydrogens (tertiary/aromatic N) is 2. The van der Waals surface area contributed by atoms with Crippen LogP contribution in [0.2, 0.25) is 0 Å². The van der Waals surface area contributed by atoms with Gasteiger partial charge >= 0.3 is 0 Å². The topological polar surface area (TPSA) is 6.48 Å². The average Bonchev–Trinajstić information content (AvgIpc) is 3.31. The fourth-order valence-electron chi connectivity index (χ4n) is 6.02. The van der Waals surface area contributed by atoms with E-state index in [9.17, 15) is 0 Å². The van der Waals surface area contributed by atoms with Gasteiger partial charge in [0.1, 0.15) is 6.17 Å². The van der Waals surface area contributed by atoms with Crippen LogP contribution in [0.25, 0.3) is 0 Å². The van der Waals surface area contributed by atoms with Gasteiger partial charge in [0.2, 0.25) is 0 Å². The van der Waals surface area contributed by atoms with Crippen molar-refractivity contribution in [2.24, 2.45) is 0 Å². The number of rotatable bonds is 26. The monoisotopic (exact) mass is 525 g/mol. The third-order valence-electron chi connectivity index (χ3n) is 8.51. The van der Waals surface area contributed by atoms with E-state index in [-0.39, 0.29) is 0 Å². The molecule has 1 heterocycles. The molecule has 218 valence electrons. The molecule has 0 fully saturated rings. The number of benzene rings is 1. The summed E-state index contributed by atoms with van der Waals surface area (Å²) < 4.78 is 0. The van der Waals surface area contributed by atoms with Crippen LogP contribution in [0.15, 0.2) is 42.7 Å². The lowest BCUT2D eigenvalue weighted by atomic mass is 10.0. The lowest BCUT2D eigenvalue weighted by Gasteiger charge is -2.33. The molecule has 0 saturated heterocycles. The van der Waals surface area contributed by atoms with Gasteiger partial charge in [0, 0.05) is 25.5 Å². The molecule has 0 radical (unpaired) electrons. The maximum absolute atomic E-state index is 2.66. The molecule has 0 spiro atoms. The molecule has 0 aromatic heterocycles. The summed E-state index contributed by atoms with van der Waals surface area (Å²) >= 11 is 0. The lowest BCUT2D eigenvalue weighted by Crippen LogP contribution is -2.38. The second-order valence-corrected chi connectivity index (χ2v) is 12.0. The zero-order valence-corrected chi connectivity index (χ0v) is 25.7. The molecule has 2 rings (SSSR count). The smallest absolute Gasteiger partial charge is 0.101 e. The third kappa shape index (κ3) is 15.8. The first kappa shape index (κ1) is 32.8. The van der Waals surface area contributed by atoms with Crippen LogP contribution < -0.4 is 0 Å². The second-order valence-electron chi connectivity index (χ2n) is 12.0. The highest BCUT2D eigenvalue weighted by Crippen LogP contribution is 2.25. The lowest BCUT2D eigenvalue weighted by molar-refractivity contribution is 0.132. The van der Waals surface area contributed by atoms with Crippen molar-refractivity contribution in [1.82, 2.24) is 9.80 Å². The number of hydrogen-bond acceptors (Lipinski definition) is 2. The van der Waals surface area contributed by atoms with Crippen molar-refractivity contribution >= 4 is 0 Å². The first-order valence-corrected chi connectivity index (χ1v) is 17.1. The Labute approximate surface area is 238 Å². The summed E-state index contributed by atoms with van der Waals surface area (Å²) in [5.41, 5.74) is 1.43. The van der Waals surface area contributed by atoms with E-state index in [1.807, 2.05) is 0 Å². The van der Waals surface area contributed by atoms with E-state index in [0.717, 1.165) is 6.54 Å². The van der Waals surface area contributed by atoms with Crippen LogP contribution in [-0.4, -0.2) is 22.5 Å². The van der Waals surface area contributed by atoms with Gasteiger partial charge in [-0.3, -0.25) is 0 Å². The summed E-state index contributed by atoms with van der Waals surface area (Å²) in [6.45, 7) is 6.87. The summed E-state index contributed by atoms with van der Waals surface area (Å²) in [6.07, 6.45) is 37.9. The Kier molecular flexibility index (Phi) is 20.2. The van der Waals surface area contributed by atoms with Crippen LogP contribution in [0, 0.1) is 0 Å². The minimum Gasteiger partial charge on any atom is -0.356 e. The van der Waals surface area contributed by atoms with Gasteiger partial charge in [-0.25, -0.2) is 0 Å². The summed E-state index contributed by atoms with van der Waals surface area (Å²) in [7, 11) is 0. The molecule has 1 aliphatic rings. The van der Waals surface area contributed by atoms with Crippen molar-refractivity contribution in [3.05, 3.63) is 48.3 Å². The first-order valence-electron chi connectivity index (χ1n) is 17.1. The molecule has 1 unspecified atom stereocenters. The maximum Gasteiger partial charge on any atom is 0.101 e. The Morgan fingerprint density at radius 1 is 0.474 bits per heavy atom. The Morgan fingerprint density at radius 3 is 1.39 bits per heavy atom. The molecular formula is C36H64N2. The second kappa shape index (κ2) is 23.4. The zero-order valence-electron chi connectivity index (χ0n) is 25.7. The van der Waals surface area contributed by atoms with Gasteiger partial charge in [-0.1, -0.05) is 173 Å². The van der Waals surface area contributed by atoms with Crippen molar-refractivity contribution in [1.29, 1.82) is 0 Å². The van der Waals surface area contributed by atoms with E-state index >= 15 is 0 Å². The largest absolute Gasteiger partial charge is 0.356 e. The fraction of sp³-hybridized carbons (Fsp3) is 0.778. The molecule has 38 heavy (non-hydrogen) atoms. The molecule has 0 N–H and O–H groups in total. The molecule has 1 aromatic rings. The number of hydrogen-bond donors (Lipinski definition) is 0. The van der Waals surface area contributed by atoms with Crippen molar-refractivity contribution < 1.29 is 0 Å². The predicted octanol–water partition coefficient (Wildman–Crippen LogP) is 11.6. The molecule has 2 nitrogen and oxygen atoms in total. The van der Waals surface area contributed by atoms with Crippen molar-refractivity contribution in [2.75, 3.05) is 6.54 Å². The van der Waals surface area contributed by atoms with E-state index in [0.29, 0.717) is 6.17 Å². The van der Waals surface area contributed by atoms with E-state index in [4.69, 9.17) is 0 Å². The molecule has 2 heteroatoms. The van der Waals surface area contributed by atoms with Gasteiger partial charge in [-0.2, -0.15) is 0 Å². The minimum absolute atomic E-state index is 0.553. The molecule has 1 aliphatic heterocycles. The standard InChI is InChI=1S/C36H64N2/c1-3-5-7-9-11-12-13-14-15-16-17-18-20-22-27-31-37-32-33-38(34-35-28-24-23-25-29-35)36(37)30-26-21-19-10-8-6-4-2/h23-25,28-29,32-33,36H,3-22,26-27,30-31,34H2,1-2H3. The Balaban J connectivity index is 1.55. The minimum atomic E-state index is 0.553. The Hall–Kier alpha value is -1.44. The average molecular weight is 525 g/mol. The van der Waals surface area contributed by atoms with Crippen LogP contribution in [0.3, 0.4) is 0 Å². The first-order chi connectivity index (χ1) is 18.8. The highest BCUT2D eigenvalue weighted by molar-refractivity contribution is 5.16. The highest BCUT2D eigenvalue weighted by Gasteiger charge is 2.25. The molecule has 0 bridgehead atoms. The van der Waals surface area contributed by atoms with Crippen molar-refractivity contribution in [3.63, 3.8) is 0 Å². The summed E-state index contributed by atoms with van der Waals surface area (Å²) in [5.74, 6) is 0. The van der Waals surface area contributed by atoms with Crippen LogP contribution in [0.1, 0.15) is 167 Å². The normalized spacial score (nSPS) is 15.2. The summed E-state index contributed by atoms with van der Waals surface area (Å²) in [5, 5.41) is 0. The van der Waals surface area contributed by atoms with Gasteiger partial charge in [-0.05, 0) is 24.8 Å². The van der Waals surface area contributed by atoms with Gasteiger partial charge in [0.25, 0.3) is 0 Å². The molecular weight excluding hydrogens is 460 g/mol. The summed E-state index contributed by atoms with van der Waals surface area (Å²) in [4.78, 5) is 5.25.